The molecule has 0 spiro atoms. The highest BCUT2D eigenvalue weighted by Gasteiger charge is 2.37. The van der Waals surface area contributed by atoms with Crippen LogP contribution in [0.25, 0.3) is 5.57 Å². The molecule has 0 aliphatic carbocycles. The van der Waals surface area contributed by atoms with Crippen LogP contribution in [0.3, 0.4) is 0 Å². The third kappa shape index (κ3) is 2.73. The second-order valence-corrected chi connectivity index (χ2v) is 6.67. The lowest BCUT2D eigenvalue weighted by Crippen LogP contribution is -2.37. The molecule has 0 amide bonds. The number of ether oxygens (including phenoxy) is 1. The summed E-state index contributed by atoms with van der Waals surface area (Å²) in [5.74, 6) is 0.0922. The Balaban J connectivity index is 1.62. The summed E-state index contributed by atoms with van der Waals surface area (Å²) in [6, 6.07) is 16.8. The molecule has 124 valence electrons. The van der Waals surface area contributed by atoms with E-state index in [-0.39, 0.29) is 5.82 Å². The van der Waals surface area contributed by atoms with Crippen molar-refractivity contribution >= 4 is 5.57 Å². The molecule has 2 aliphatic rings. The summed E-state index contributed by atoms with van der Waals surface area (Å²) < 4.78 is 19.3. The average Bonchev–Trinajstić information content (AvgIpc) is 2.83. The average molecular weight is 323 g/mol. The third-order valence-corrected chi connectivity index (χ3v) is 5.26. The quantitative estimate of drug-likeness (QED) is 0.812. The Morgan fingerprint density at radius 3 is 2.67 bits per heavy atom. The largest absolute Gasteiger partial charge is 0.493 e. The molecule has 2 nitrogen and oxygen atoms in total. The van der Waals surface area contributed by atoms with Gasteiger partial charge in [-0.3, -0.25) is 4.90 Å². The van der Waals surface area contributed by atoms with Crippen LogP contribution in [-0.4, -0.2) is 24.1 Å². The SMILES string of the molecule is COc1c(F)cccc1C1=CC2CCC(C1)N2Cc1ccccc1. The summed E-state index contributed by atoms with van der Waals surface area (Å²) >= 11 is 0. The number of para-hydroxylation sites is 1. The van der Waals surface area contributed by atoms with Crippen LogP contribution in [0.15, 0.2) is 54.6 Å². The van der Waals surface area contributed by atoms with E-state index in [1.165, 1.54) is 30.0 Å². The van der Waals surface area contributed by atoms with Gasteiger partial charge in [0.25, 0.3) is 0 Å². The van der Waals surface area contributed by atoms with Crippen LogP contribution in [0.2, 0.25) is 0 Å². The molecule has 2 atom stereocenters. The standard InChI is InChI=1S/C21H22FNO/c1-24-21-19(8-5-9-20(21)22)16-12-17-10-11-18(13-16)23(17)14-15-6-3-2-4-7-15/h2-9,12,17-18H,10-11,13-14H2,1H3. The molecule has 4 rings (SSSR count). The first-order chi connectivity index (χ1) is 11.8. The van der Waals surface area contributed by atoms with Crippen molar-refractivity contribution in [2.75, 3.05) is 7.11 Å². The minimum absolute atomic E-state index is 0.282. The topological polar surface area (TPSA) is 12.5 Å². The molecular formula is C21H22FNO. The van der Waals surface area contributed by atoms with Gasteiger partial charge in [-0.2, -0.15) is 0 Å². The van der Waals surface area contributed by atoms with Crippen LogP contribution in [0.1, 0.15) is 30.4 Å². The van der Waals surface area contributed by atoms with Crippen LogP contribution in [-0.2, 0) is 6.54 Å². The number of methoxy groups -OCH3 is 1. The van der Waals surface area contributed by atoms with Gasteiger partial charge in [-0.25, -0.2) is 4.39 Å². The highest BCUT2D eigenvalue weighted by Crippen LogP contribution is 2.42. The molecule has 2 unspecified atom stereocenters. The van der Waals surface area contributed by atoms with Crippen LogP contribution in [0.5, 0.6) is 5.75 Å². The van der Waals surface area contributed by atoms with Crippen LogP contribution < -0.4 is 4.74 Å². The van der Waals surface area contributed by atoms with Crippen molar-refractivity contribution in [3.05, 3.63) is 71.6 Å². The number of halogens is 1. The van der Waals surface area contributed by atoms with Gasteiger partial charge in [0.15, 0.2) is 11.6 Å². The molecule has 24 heavy (non-hydrogen) atoms. The third-order valence-electron chi connectivity index (χ3n) is 5.26. The molecule has 0 saturated carbocycles. The molecule has 2 aliphatic heterocycles. The van der Waals surface area contributed by atoms with Gasteiger partial charge in [0.2, 0.25) is 0 Å². The first kappa shape index (κ1) is 15.4. The summed E-state index contributed by atoms with van der Waals surface area (Å²) in [6.45, 7) is 0.986. The van der Waals surface area contributed by atoms with Crippen molar-refractivity contribution < 1.29 is 9.13 Å². The maximum Gasteiger partial charge on any atom is 0.165 e. The van der Waals surface area contributed by atoms with Gasteiger partial charge in [-0.15, -0.1) is 0 Å². The molecule has 2 aromatic rings. The Morgan fingerprint density at radius 2 is 1.92 bits per heavy atom. The van der Waals surface area contributed by atoms with Gasteiger partial charge in [0.05, 0.1) is 7.11 Å². The molecule has 1 fully saturated rings. The maximum absolute atomic E-state index is 14.0. The summed E-state index contributed by atoms with van der Waals surface area (Å²) in [4.78, 5) is 2.59. The van der Waals surface area contributed by atoms with Crippen molar-refractivity contribution in [2.24, 2.45) is 0 Å². The second kappa shape index (κ2) is 6.40. The first-order valence-electron chi connectivity index (χ1n) is 8.59. The summed E-state index contributed by atoms with van der Waals surface area (Å²) in [5.41, 5.74) is 3.49. The Morgan fingerprint density at radius 1 is 1.08 bits per heavy atom. The van der Waals surface area contributed by atoms with E-state index in [0.29, 0.717) is 17.8 Å². The lowest BCUT2D eigenvalue weighted by molar-refractivity contribution is 0.203. The van der Waals surface area contributed by atoms with E-state index in [9.17, 15) is 4.39 Å². The number of nitrogens with zero attached hydrogens (tertiary/aromatic N) is 1. The van der Waals surface area contributed by atoms with Gasteiger partial charge in [-0.1, -0.05) is 48.5 Å². The first-order valence-corrected chi connectivity index (χ1v) is 8.59. The van der Waals surface area contributed by atoms with E-state index in [1.807, 2.05) is 6.07 Å². The zero-order chi connectivity index (χ0) is 16.5. The summed E-state index contributed by atoms with van der Waals surface area (Å²) in [7, 11) is 1.54. The van der Waals surface area contributed by atoms with Crippen LogP contribution >= 0.6 is 0 Å². The molecule has 2 bridgehead atoms. The number of hydrogen-bond donors (Lipinski definition) is 0. The normalized spacial score (nSPS) is 23.2. The van der Waals surface area contributed by atoms with Crippen molar-refractivity contribution in [1.82, 2.24) is 4.90 Å². The van der Waals surface area contributed by atoms with E-state index >= 15 is 0 Å². The zero-order valence-electron chi connectivity index (χ0n) is 13.9. The number of rotatable bonds is 4. The lowest BCUT2D eigenvalue weighted by Gasteiger charge is -2.34. The lowest BCUT2D eigenvalue weighted by atomic mass is 9.93. The fraction of sp³-hybridized carbons (Fsp3) is 0.333. The highest BCUT2D eigenvalue weighted by molar-refractivity contribution is 5.72. The molecule has 0 N–H and O–H groups in total. The summed E-state index contributed by atoms with van der Waals surface area (Å²) in [5, 5.41) is 0. The summed E-state index contributed by atoms with van der Waals surface area (Å²) in [6.07, 6.45) is 5.67. The maximum atomic E-state index is 14.0. The number of hydrogen-bond acceptors (Lipinski definition) is 2. The van der Waals surface area contributed by atoms with Gasteiger partial charge >= 0.3 is 0 Å². The monoisotopic (exact) mass is 323 g/mol. The Labute approximate surface area is 142 Å². The van der Waals surface area contributed by atoms with Crippen molar-refractivity contribution in [2.45, 2.75) is 37.9 Å². The second-order valence-electron chi connectivity index (χ2n) is 6.67. The van der Waals surface area contributed by atoms with Crippen molar-refractivity contribution in [3.63, 3.8) is 0 Å². The Hall–Kier alpha value is -2.13. The number of benzene rings is 2. The molecule has 3 heteroatoms. The fourth-order valence-corrected chi connectivity index (χ4v) is 4.13. The van der Waals surface area contributed by atoms with Crippen molar-refractivity contribution in [3.8, 4) is 5.75 Å². The van der Waals surface area contributed by atoms with E-state index in [4.69, 9.17) is 4.74 Å². The predicted molar refractivity (Wildman–Crippen MR) is 94.3 cm³/mol. The highest BCUT2D eigenvalue weighted by atomic mass is 19.1. The van der Waals surface area contributed by atoms with Crippen LogP contribution in [0, 0.1) is 5.82 Å². The predicted octanol–water partition coefficient (Wildman–Crippen LogP) is 4.65. The fourth-order valence-electron chi connectivity index (χ4n) is 4.13. The minimum Gasteiger partial charge on any atom is -0.493 e. The molecule has 0 aromatic heterocycles. The smallest absolute Gasteiger partial charge is 0.165 e. The number of fused-ring (bicyclic) bond motifs is 2. The van der Waals surface area contributed by atoms with E-state index in [2.05, 4.69) is 41.3 Å². The van der Waals surface area contributed by atoms with Gasteiger partial charge in [0, 0.05) is 24.2 Å². The minimum atomic E-state index is -0.282. The van der Waals surface area contributed by atoms with E-state index in [1.54, 1.807) is 13.2 Å². The Kier molecular flexibility index (Phi) is 4.11. The van der Waals surface area contributed by atoms with Crippen molar-refractivity contribution in [1.29, 1.82) is 0 Å². The molecule has 1 saturated heterocycles. The Bertz CT molecular complexity index is 756. The van der Waals surface area contributed by atoms with Crippen LogP contribution in [0.4, 0.5) is 4.39 Å². The van der Waals surface area contributed by atoms with Gasteiger partial charge in [-0.05, 0) is 36.5 Å². The van der Waals surface area contributed by atoms with E-state index in [0.717, 1.165) is 18.5 Å². The van der Waals surface area contributed by atoms with Gasteiger partial charge in [0.1, 0.15) is 0 Å². The van der Waals surface area contributed by atoms with E-state index < -0.39 is 0 Å². The van der Waals surface area contributed by atoms with Gasteiger partial charge < -0.3 is 4.74 Å². The molecule has 2 heterocycles. The zero-order valence-corrected chi connectivity index (χ0v) is 13.9. The molecule has 0 radical (unpaired) electrons. The molecular weight excluding hydrogens is 301 g/mol. The molecule has 2 aromatic carbocycles.